The average molecular weight is 347 g/mol. The molecule has 0 spiro atoms. The zero-order valence-electron chi connectivity index (χ0n) is 11.1. The molecule has 1 atom stereocenters. The number of sulfonamides is 1. The van der Waals surface area contributed by atoms with Crippen LogP contribution in [-0.2, 0) is 10.0 Å². The van der Waals surface area contributed by atoms with Crippen molar-refractivity contribution in [1.82, 2.24) is 4.72 Å². The van der Waals surface area contributed by atoms with Gasteiger partial charge in [-0.3, -0.25) is 0 Å². The molecule has 0 aromatic heterocycles. The van der Waals surface area contributed by atoms with Gasteiger partial charge in [-0.2, -0.15) is 0 Å². The number of halogens is 1. The van der Waals surface area contributed by atoms with Crippen molar-refractivity contribution in [2.45, 2.75) is 44.0 Å². The summed E-state index contributed by atoms with van der Waals surface area (Å²) in [4.78, 5) is 0.153. The number of anilines is 1. The van der Waals surface area contributed by atoms with Crippen LogP contribution >= 0.6 is 15.9 Å². The average Bonchev–Trinajstić information content (AvgIpc) is 2.56. The van der Waals surface area contributed by atoms with E-state index in [4.69, 9.17) is 5.73 Å². The summed E-state index contributed by atoms with van der Waals surface area (Å²) in [5, 5.41) is 0. The van der Waals surface area contributed by atoms with Gasteiger partial charge in [0.2, 0.25) is 10.0 Å². The van der Waals surface area contributed by atoms with Gasteiger partial charge in [-0.1, -0.05) is 29.8 Å². The number of nitrogen functional groups attached to an aromatic ring is 1. The molecule has 1 saturated carbocycles. The number of nitrogens with one attached hydrogen (secondary N) is 1. The van der Waals surface area contributed by atoms with Gasteiger partial charge in [-0.15, -0.1) is 0 Å². The predicted molar refractivity (Wildman–Crippen MR) is 80.3 cm³/mol. The minimum atomic E-state index is -3.54. The van der Waals surface area contributed by atoms with Crippen molar-refractivity contribution in [2.24, 2.45) is 5.41 Å². The second kappa shape index (κ2) is 5.07. The van der Waals surface area contributed by atoms with Gasteiger partial charge in [0.05, 0.1) is 5.69 Å². The molecule has 6 heteroatoms. The van der Waals surface area contributed by atoms with E-state index >= 15 is 0 Å². The van der Waals surface area contributed by atoms with E-state index in [9.17, 15) is 8.42 Å². The molecule has 1 aromatic carbocycles. The summed E-state index contributed by atoms with van der Waals surface area (Å²) >= 11 is 3.27. The van der Waals surface area contributed by atoms with Crippen LogP contribution in [0.3, 0.4) is 0 Å². The van der Waals surface area contributed by atoms with Crippen molar-refractivity contribution < 1.29 is 8.42 Å². The molecule has 3 N–H and O–H groups in total. The van der Waals surface area contributed by atoms with E-state index < -0.39 is 10.0 Å². The maximum atomic E-state index is 12.3. The van der Waals surface area contributed by atoms with E-state index in [-0.39, 0.29) is 22.0 Å². The Morgan fingerprint density at radius 3 is 2.63 bits per heavy atom. The predicted octanol–water partition coefficient (Wildman–Crippen LogP) is 2.89. The van der Waals surface area contributed by atoms with Crippen molar-refractivity contribution in [3.05, 3.63) is 22.7 Å². The number of hydrogen-bond acceptors (Lipinski definition) is 3. The molecular weight excluding hydrogens is 328 g/mol. The van der Waals surface area contributed by atoms with Crippen LogP contribution in [0, 0.1) is 5.41 Å². The van der Waals surface area contributed by atoms with E-state index in [2.05, 4.69) is 34.5 Å². The summed E-state index contributed by atoms with van der Waals surface area (Å²) in [6.07, 6.45) is 2.78. The summed E-state index contributed by atoms with van der Waals surface area (Å²) in [7, 11) is -3.54. The molecule has 0 bridgehead atoms. The Labute approximate surface area is 122 Å². The highest BCUT2D eigenvalue weighted by atomic mass is 79.9. The fraction of sp³-hybridized carbons (Fsp3) is 0.538. The van der Waals surface area contributed by atoms with Crippen LogP contribution in [0.2, 0.25) is 0 Å². The van der Waals surface area contributed by atoms with Gasteiger partial charge >= 0.3 is 0 Å². The van der Waals surface area contributed by atoms with E-state index in [1.54, 1.807) is 12.1 Å². The van der Waals surface area contributed by atoms with Crippen LogP contribution in [-0.4, -0.2) is 14.5 Å². The monoisotopic (exact) mass is 346 g/mol. The largest absolute Gasteiger partial charge is 0.398 e. The van der Waals surface area contributed by atoms with Crippen LogP contribution < -0.4 is 10.5 Å². The van der Waals surface area contributed by atoms with Crippen molar-refractivity contribution in [2.75, 3.05) is 5.73 Å². The first kappa shape index (κ1) is 14.8. The van der Waals surface area contributed by atoms with Gasteiger partial charge in [0, 0.05) is 10.5 Å². The smallest absolute Gasteiger partial charge is 0.242 e. The van der Waals surface area contributed by atoms with Crippen molar-refractivity contribution in [3.63, 3.8) is 0 Å². The van der Waals surface area contributed by atoms with Crippen LogP contribution in [0.1, 0.15) is 33.1 Å². The van der Waals surface area contributed by atoms with Gasteiger partial charge in [-0.25, -0.2) is 13.1 Å². The van der Waals surface area contributed by atoms with E-state index in [0.717, 1.165) is 23.7 Å². The number of benzene rings is 1. The minimum Gasteiger partial charge on any atom is -0.398 e. The highest BCUT2D eigenvalue weighted by Crippen LogP contribution is 2.37. The molecule has 0 radical (unpaired) electrons. The molecule has 1 aliphatic carbocycles. The molecule has 19 heavy (non-hydrogen) atoms. The van der Waals surface area contributed by atoms with E-state index in [0.29, 0.717) is 0 Å². The highest BCUT2D eigenvalue weighted by molar-refractivity contribution is 9.10. The van der Waals surface area contributed by atoms with Crippen molar-refractivity contribution in [3.8, 4) is 0 Å². The molecule has 4 nitrogen and oxygen atoms in total. The topological polar surface area (TPSA) is 72.2 Å². The van der Waals surface area contributed by atoms with E-state index in [1.165, 1.54) is 6.07 Å². The second-order valence-electron chi connectivity index (χ2n) is 5.91. The lowest BCUT2D eigenvalue weighted by Crippen LogP contribution is -2.33. The maximum Gasteiger partial charge on any atom is 0.242 e. The zero-order chi connectivity index (χ0) is 14.3. The quantitative estimate of drug-likeness (QED) is 0.826. The lowest BCUT2D eigenvalue weighted by Gasteiger charge is -2.18. The number of rotatable bonds is 3. The number of nitrogens with two attached hydrogens (primary N) is 1. The summed E-state index contributed by atoms with van der Waals surface area (Å²) < 4.78 is 28.2. The summed E-state index contributed by atoms with van der Waals surface area (Å²) in [5.74, 6) is 0. The molecule has 1 fully saturated rings. The molecule has 1 aliphatic rings. The Morgan fingerprint density at radius 2 is 2.11 bits per heavy atom. The first-order chi connectivity index (χ1) is 8.70. The normalized spacial score (nSPS) is 22.6. The van der Waals surface area contributed by atoms with Gasteiger partial charge in [0.15, 0.2) is 0 Å². The molecule has 0 amide bonds. The molecule has 0 saturated heterocycles. The first-order valence-corrected chi connectivity index (χ1v) is 8.55. The van der Waals surface area contributed by atoms with Crippen LogP contribution in [0.5, 0.6) is 0 Å². The third-order valence-corrected chi connectivity index (χ3v) is 5.64. The summed E-state index contributed by atoms with van der Waals surface area (Å²) in [6, 6.07) is 4.82. The lowest BCUT2D eigenvalue weighted by atomic mass is 9.92. The first-order valence-electron chi connectivity index (χ1n) is 6.27. The van der Waals surface area contributed by atoms with Gasteiger partial charge < -0.3 is 5.73 Å². The fourth-order valence-corrected chi connectivity index (χ4v) is 4.35. The Balaban J connectivity index is 2.19. The summed E-state index contributed by atoms with van der Waals surface area (Å²) in [6.45, 7) is 4.32. The molecule has 1 aromatic rings. The minimum absolute atomic E-state index is 0.00282. The summed E-state index contributed by atoms with van der Waals surface area (Å²) in [5.41, 5.74) is 6.26. The van der Waals surface area contributed by atoms with Crippen LogP contribution in [0.4, 0.5) is 5.69 Å². The molecule has 2 rings (SSSR count). The Kier molecular flexibility index (Phi) is 3.95. The second-order valence-corrected chi connectivity index (χ2v) is 8.51. The molecular formula is C13H19BrN2O2S. The molecule has 106 valence electrons. The Hall–Kier alpha value is -0.590. The standard InChI is InChI=1S/C13H19BrN2O2S/c1-13(2)6-5-10(8-13)16-19(17,18)12-4-3-9(14)7-11(12)15/h3-4,7,10,16H,5-6,8,15H2,1-2H3. The van der Waals surface area contributed by atoms with Gasteiger partial charge in [-0.05, 0) is 42.9 Å². The molecule has 1 unspecified atom stereocenters. The van der Waals surface area contributed by atoms with Crippen LogP contribution in [0.15, 0.2) is 27.6 Å². The third kappa shape index (κ3) is 3.49. The number of hydrogen-bond donors (Lipinski definition) is 2. The zero-order valence-corrected chi connectivity index (χ0v) is 13.5. The Morgan fingerprint density at radius 1 is 1.42 bits per heavy atom. The van der Waals surface area contributed by atoms with Gasteiger partial charge in [0.25, 0.3) is 0 Å². The van der Waals surface area contributed by atoms with Gasteiger partial charge in [0.1, 0.15) is 4.90 Å². The fourth-order valence-electron chi connectivity index (χ4n) is 2.58. The Bertz CT molecular complexity index is 584. The molecule has 0 heterocycles. The van der Waals surface area contributed by atoms with E-state index in [1.807, 2.05) is 0 Å². The SMILES string of the molecule is CC1(C)CCC(NS(=O)(=O)c2ccc(Br)cc2N)C1. The maximum absolute atomic E-state index is 12.3. The lowest BCUT2D eigenvalue weighted by molar-refractivity contribution is 0.372. The van der Waals surface area contributed by atoms with Crippen LogP contribution in [0.25, 0.3) is 0 Å². The van der Waals surface area contributed by atoms with Crippen molar-refractivity contribution in [1.29, 1.82) is 0 Å². The van der Waals surface area contributed by atoms with Crippen molar-refractivity contribution >= 4 is 31.6 Å². The highest BCUT2D eigenvalue weighted by Gasteiger charge is 2.33. The molecule has 0 aliphatic heterocycles. The third-order valence-electron chi connectivity index (χ3n) is 3.55.